The standard InChI is InChI=1S/C19H27N5O4/c25-7-12-15(26)16(27)19(28-12)24-9-22-14-17(20-8-21-18(14)24)23-13(10-3-1-4-10)11-5-2-6-11/h8-13,15-16,19,25-27H,1-7H2,(H,20,21,23)/t12-,15-,16-,19-/m0/s1. The molecule has 4 N–H and O–H groups in total. The Morgan fingerprint density at radius 2 is 1.79 bits per heavy atom. The van der Waals surface area contributed by atoms with Crippen LogP contribution in [0.1, 0.15) is 44.8 Å². The van der Waals surface area contributed by atoms with Crippen molar-refractivity contribution in [1.82, 2.24) is 19.5 Å². The Kier molecular flexibility index (Phi) is 4.70. The molecule has 9 nitrogen and oxygen atoms in total. The molecular weight excluding hydrogens is 362 g/mol. The minimum absolute atomic E-state index is 0.367. The van der Waals surface area contributed by atoms with E-state index in [1.807, 2.05) is 0 Å². The largest absolute Gasteiger partial charge is 0.394 e. The number of nitrogens with one attached hydrogen (secondary N) is 1. The van der Waals surface area contributed by atoms with Gasteiger partial charge in [0, 0.05) is 6.04 Å². The topological polar surface area (TPSA) is 126 Å². The van der Waals surface area contributed by atoms with Crippen molar-refractivity contribution in [2.75, 3.05) is 11.9 Å². The van der Waals surface area contributed by atoms with Gasteiger partial charge in [0.05, 0.1) is 12.9 Å². The van der Waals surface area contributed by atoms with E-state index in [-0.39, 0.29) is 6.61 Å². The number of anilines is 1. The molecule has 0 aromatic carbocycles. The minimum Gasteiger partial charge on any atom is -0.394 e. The van der Waals surface area contributed by atoms with Gasteiger partial charge in [0.1, 0.15) is 24.6 Å². The molecule has 5 rings (SSSR count). The van der Waals surface area contributed by atoms with Crippen molar-refractivity contribution >= 4 is 17.0 Å². The van der Waals surface area contributed by atoms with Crippen molar-refractivity contribution in [2.24, 2.45) is 11.8 Å². The molecule has 0 unspecified atom stereocenters. The van der Waals surface area contributed by atoms with Gasteiger partial charge in [-0.3, -0.25) is 4.57 Å². The SMILES string of the molecule is OC[C@@H]1O[C@H](n2cnc3c(NC(C4CCC4)C4CCC4)ncnc32)[C@@H](O)[C@H]1O. The van der Waals surface area contributed by atoms with E-state index in [0.717, 1.165) is 0 Å². The van der Waals surface area contributed by atoms with Crippen LogP contribution in [0.5, 0.6) is 0 Å². The summed E-state index contributed by atoms with van der Waals surface area (Å²) in [4.78, 5) is 13.3. The first-order valence-electron chi connectivity index (χ1n) is 10.2. The number of aliphatic hydroxyl groups excluding tert-OH is 3. The highest BCUT2D eigenvalue weighted by Crippen LogP contribution is 2.42. The Morgan fingerprint density at radius 3 is 2.36 bits per heavy atom. The Balaban J connectivity index is 1.44. The number of ether oxygens (including phenoxy) is 1. The van der Waals surface area contributed by atoms with Crippen LogP contribution in [0.3, 0.4) is 0 Å². The summed E-state index contributed by atoms with van der Waals surface area (Å²) in [7, 11) is 0. The predicted octanol–water partition coefficient (Wildman–Crippen LogP) is 0.818. The van der Waals surface area contributed by atoms with Crippen molar-refractivity contribution in [3.05, 3.63) is 12.7 Å². The van der Waals surface area contributed by atoms with Gasteiger partial charge < -0.3 is 25.4 Å². The third-order valence-corrected chi connectivity index (χ3v) is 6.77. The molecule has 3 heterocycles. The van der Waals surface area contributed by atoms with E-state index in [1.54, 1.807) is 10.9 Å². The number of nitrogens with zero attached hydrogens (tertiary/aromatic N) is 4. The summed E-state index contributed by atoms with van der Waals surface area (Å²) in [6.45, 7) is -0.367. The second kappa shape index (κ2) is 7.22. The Bertz CT molecular complexity index is 823. The zero-order valence-corrected chi connectivity index (χ0v) is 15.7. The molecule has 2 aliphatic carbocycles. The van der Waals surface area contributed by atoms with Crippen LogP contribution in [-0.2, 0) is 4.74 Å². The molecule has 0 spiro atoms. The van der Waals surface area contributed by atoms with E-state index in [4.69, 9.17) is 4.74 Å². The summed E-state index contributed by atoms with van der Waals surface area (Å²) in [5, 5.41) is 33.4. The number of rotatable bonds is 6. The molecule has 1 saturated heterocycles. The van der Waals surface area contributed by atoms with E-state index in [9.17, 15) is 15.3 Å². The van der Waals surface area contributed by atoms with E-state index >= 15 is 0 Å². The number of fused-ring (bicyclic) bond motifs is 1. The van der Waals surface area contributed by atoms with Crippen molar-refractivity contribution in [3.8, 4) is 0 Å². The van der Waals surface area contributed by atoms with E-state index < -0.39 is 24.5 Å². The minimum atomic E-state index is -1.17. The molecule has 0 amide bonds. The predicted molar refractivity (Wildman–Crippen MR) is 100 cm³/mol. The van der Waals surface area contributed by atoms with Gasteiger partial charge in [0.25, 0.3) is 0 Å². The van der Waals surface area contributed by atoms with Gasteiger partial charge in [0.15, 0.2) is 23.2 Å². The molecule has 9 heteroatoms. The smallest absolute Gasteiger partial charge is 0.167 e. The molecule has 3 aliphatic rings. The van der Waals surface area contributed by atoms with Crippen molar-refractivity contribution in [2.45, 2.75) is 69.1 Å². The fourth-order valence-electron chi connectivity index (χ4n) is 4.63. The van der Waals surface area contributed by atoms with Crippen LogP contribution in [-0.4, -0.2) is 65.8 Å². The third-order valence-electron chi connectivity index (χ3n) is 6.77. The van der Waals surface area contributed by atoms with Crippen LogP contribution < -0.4 is 5.32 Å². The molecule has 0 bridgehead atoms. The van der Waals surface area contributed by atoms with Crippen LogP contribution in [0.15, 0.2) is 12.7 Å². The van der Waals surface area contributed by atoms with Crippen LogP contribution >= 0.6 is 0 Å². The highest BCUT2D eigenvalue weighted by atomic mass is 16.6. The second-order valence-corrected chi connectivity index (χ2v) is 8.33. The molecule has 3 fully saturated rings. The summed E-state index contributed by atoms with van der Waals surface area (Å²) < 4.78 is 7.23. The maximum Gasteiger partial charge on any atom is 0.167 e. The molecular formula is C19H27N5O4. The lowest BCUT2D eigenvalue weighted by Crippen LogP contribution is -2.42. The first kappa shape index (κ1) is 18.2. The third kappa shape index (κ3) is 2.88. The Morgan fingerprint density at radius 1 is 1.07 bits per heavy atom. The van der Waals surface area contributed by atoms with Gasteiger partial charge in [-0.05, 0) is 37.5 Å². The van der Waals surface area contributed by atoms with Gasteiger partial charge >= 0.3 is 0 Å². The van der Waals surface area contributed by atoms with E-state index in [1.165, 1.54) is 44.9 Å². The lowest BCUT2D eigenvalue weighted by atomic mass is 9.68. The van der Waals surface area contributed by atoms with Crippen LogP contribution in [0, 0.1) is 11.8 Å². The van der Waals surface area contributed by atoms with Crippen LogP contribution in [0.4, 0.5) is 5.82 Å². The van der Waals surface area contributed by atoms with Gasteiger partial charge in [-0.25, -0.2) is 15.0 Å². The monoisotopic (exact) mass is 389 g/mol. The molecule has 2 aromatic heterocycles. The quantitative estimate of drug-likeness (QED) is 0.572. The summed E-state index contributed by atoms with van der Waals surface area (Å²) in [6, 6.07) is 0.416. The lowest BCUT2D eigenvalue weighted by molar-refractivity contribution is -0.0511. The van der Waals surface area contributed by atoms with Gasteiger partial charge in [-0.2, -0.15) is 0 Å². The van der Waals surface area contributed by atoms with Crippen molar-refractivity contribution < 1.29 is 20.1 Å². The number of aliphatic hydroxyl groups is 3. The first-order chi connectivity index (χ1) is 13.7. The Hall–Kier alpha value is -1.81. The molecule has 152 valence electrons. The van der Waals surface area contributed by atoms with Crippen molar-refractivity contribution in [1.29, 1.82) is 0 Å². The van der Waals surface area contributed by atoms with E-state index in [2.05, 4.69) is 20.3 Å². The molecule has 0 radical (unpaired) electrons. The summed E-state index contributed by atoms with van der Waals surface area (Å²) in [5.41, 5.74) is 1.16. The molecule has 4 atom stereocenters. The number of aromatic nitrogens is 4. The molecule has 2 saturated carbocycles. The maximum atomic E-state index is 10.3. The van der Waals surface area contributed by atoms with Crippen LogP contribution in [0.25, 0.3) is 11.2 Å². The highest BCUT2D eigenvalue weighted by molar-refractivity contribution is 5.82. The fraction of sp³-hybridized carbons (Fsp3) is 0.737. The van der Waals surface area contributed by atoms with Crippen molar-refractivity contribution in [3.63, 3.8) is 0 Å². The number of hydrogen-bond acceptors (Lipinski definition) is 8. The fourth-order valence-corrected chi connectivity index (χ4v) is 4.63. The summed E-state index contributed by atoms with van der Waals surface area (Å²) >= 11 is 0. The molecule has 1 aliphatic heterocycles. The Labute approximate surface area is 162 Å². The van der Waals surface area contributed by atoms with E-state index in [0.29, 0.717) is 34.9 Å². The lowest BCUT2D eigenvalue weighted by Gasteiger charge is -2.43. The first-order valence-corrected chi connectivity index (χ1v) is 10.2. The molecule has 28 heavy (non-hydrogen) atoms. The van der Waals surface area contributed by atoms with Gasteiger partial charge in [0.2, 0.25) is 0 Å². The molecule has 2 aromatic rings. The number of imidazole rings is 1. The number of hydrogen-bond donors (Lipinski definition) is 4. The average molecular weight is 389 g/mol. The average Bonchev–Trinajstić information content (AvgIpc) is 3.14. The summed E-state index contributed by atoms with van der Waals surface area (Å²) in [5.74, 6) is 2.09. The van der Waals surface area contributed by atoms with Gasteiger partial charge in [-0.15, -0.1) is 0 Å². The second-order valence-electron chi connectivity index (χ2n) is 8.33. The highest BCUT2D eigenvalue weighted by Gasteiger charge is 2.44. The van der Waals surface area contributed by atoms with Crippen LogP contribution in [0.2, 0.25) is 0 Å². The maximum absolute atomic E-state index is 10.3. The summed E-state index contributed by atoms with van der Waals surface area (Å²) in [6.07, 6.45) is 6.68. The normalized spacial score (nSPS) is 31.3. The zero-order valence-electron chi connectivity index (χ0n) is 15.7. The van der Waals surface area contributed by atoms with Gasteiger partial charge in [-0.1, -0.05) is 12.8 Å². The zero-order chi connectivity index (χ0) is 19.3.